The van der Waals surface area contributed by atoms with Crippen LogP contribution in [-0.2, 0) is 0 Å². The second-order valence-corrected chi connectivity index (χ2v) is 3.88. The van der Waals surface area contributed by atoms with E-state index in [0.717, 1.165) is 11.4 Å². The maximum Gasteiger partial charge on any atom is 0.128 e. The van der Waals surface area contributed by atoms with Crippen LogP contribution in [0, 0.1) is 0 Å². The lowest BCUT2D eigenvalue weighted by molar-refractivity contribution is 0.407. The van der Waals surface area contributed by atoms with E-state index < -0.39 is 0 Å². The monoisotopic (exact) mass is 257 g/mol. The zero-order valence-corrected chi connectivity index (χ0v) is 10.8. The van der Waals surface area contributed by atoms with Crippen molar-refractivity contribution < 1.29 is 14.6 Å². The summed E-state index contributed by atoms with van der Waals surface area (Å²) < 4.78 is 10.1. The fourth-order valence-corrected chi connectivity index (χ4v) is 1.57. The highest BCUT2D eigenvalue weighted by Gasteiger charge is 2.00. The van der Waals surface area contributed by atoms with Crippen molar-refractivity contribution in [3.8, 4) is 17.2 Å². The van der Waals surface area contributed by atoms with E-state index in [9.17, 15) is 5.11 Å². The molecule has 0 amide bonds. The zero-order valence-electron chi connectivity index (χ0n) is 10.8. The van der Waals surface area contributed by atoms with Crippen LogP contribution in [0.25, 0.3) is 0 Å². The second-order valence-electron chi connectivity index (χ2n) is 3.88. The predicted molar refractivity (Wildman–Crippen MR) is 74.9 cm³/mol. The van der Waals surface area contributed by atoms with E-state index in [1.807, 2.05) is 24.3 Å². The number of benzene rings is 2. The Hall–Kier alpha value is -2.49. The molecule has 0 aliphatic carbocycles. The summed E-state index contributed by atoms with van der Waals surface area (Å²) >= 11 is 0. The molecule has 2 rings (SSSR count). The number of nitrogens with zero attached hydrogens (tertiary/aromatic N) is 1. The average Bonchev–Trinajstić information content (AvgIpc) is 2.46. The topological polar surface area (TPSA) is 51.0 Å². The standard InChI is InChI=1S/C15H15NO3/c1-18-13-7-4-12(5-8-13)16-10-11-3-6-14(19-2)9-15(11)17/h3-10,17H,1-2H3. The van der Waals surface area contributed by atoms with E-state index in [1.54, 1.807) is 38.6 Å². The van der Waals surface area contributed by atoms with Gasteiger partial charge in [0.05, 0.1) is 19.9 Å². The van der Waals surface area contributed by atoms with Crippen LogP contribution in [0.1, 0.15) is 5.56 Å². The van der Waals surface area contributed by atoms with E-state index in [4.69, 9.17) is 9.47 Å². The largest absolute Gasteiger partial charge is 0.507 e. The van der Waals surface area contributed by atoms with Crippen molar-refractivity contribution in [2.45, 2.75) is 0 Å². The molecule has 0 aliphatic rings. The van der Waals surface area contributed by atoms with Crippen LogP contribution in [-0.4, -0.2) is 25.5 Å². The van der Waals surface area contributed by atoms with Crippen molar-refractivity contribution in [1.29, 1.82) is 0 Å². The summed E-state index contributed by atoms with van der Waals surface area (Å²) in [7, 11) is 3.17. The quantitative estimate of drug-likeness (QED) is 0.856. The SMILES string of the molecule is COc1ccc(N=Cc2ccc(OC)cc2O)cc1. The maximum atomic E-state index is 9.79. The van der Waals surface area contributed by atoms with Crippen molar-refractivity contribution in [2.75, 3.05) is 14.2 Å². The fourth-order valence-electron chi connectivity index (χ4n) is 1.57. The summed E-state index contributed by atoms with van der Waals surface area (Å²) in [5.74, 6) is 1.53. The number of phenolic OH excluding ortho intramolecular Hbond substituents is 1. The van der Waals surface area contributed by atoms with E-state index in [-0.39, 0.29) is 5.75 Å². The molecule has 0 saturated heterocycles. The Morgan fingerprint density at radius 3 is 2.16 bits per heavy atom. The summed E-state index contributed by atoms with van der Waals surface area (Å²) in [6.07, 6.45) is 1.61. The first-order chi connectivity index (χ1) is 9.22. The third-order valence-corrected chi connectivity index (χ3v) is 2.66. The number of aromatic hydroxyl groups is 1. The van der Waals surface area contributed by atoms with Crippen molar-refractivity contribution >= 4 is 11.9 Å². The van der Waals surface area contributed by atoms with Gasteiger partial charge in [-0.2, -0.15) is 0 Å². The molecule has 4 heteroatoms. The number of hydrogen-bond acceptors (Lipinski definition) is 4. The third-order valence-electron chi connectivity index (χ3n) is 2.66. The van der Waals surface area contributed by atoms with E-state index in [1.165, 1.54) is 0 Å². The van der Waals surface area contributed by atoms with Crippen LogP contribution in [0.5, 0.6) is 17.2 Å². The minimum atomic E-state index is 0.136. The molecular weight excluding hydrogens is 242 g/mol. The molecule has 0 radical (unpaired) electrons. The van der Waals surface area contributed by atoms with Crippen molar-refractivity contribution in [1.82, 2.24) is 0 Å². The van der Waals surface area contributed by atoms with Crippen molar-refractivity contribution in [3.63, 3.8) is 0 Å². The smallest absolute Gasteiger partial charge is 0.128 e. The normalized spacial score (nSPS) is 10.6. The number of hydrogen-bond donors (Lipinski definition) is 1. The van der Waals surface area contributed by atoms with Gasteiger partial charge < -0.3 is 14.6 Å². The Bertz CT molecular complexity index is 576. The van der Waals surface area contributed by atoms with Gasteiger partial charge in [0.1, 0.15) is 17.2 Å². The van der Waals surface area contributed by atoms with Crippen LogP contribution in [0.15, 0.2) is 47.5 Å². The minimum Gasteiger partial charge on any atom is -0.507 e. The molecule has 0 aliphatic heterocycles. The van der Waals surface area contributed by atoms with E-state index >= 15 is 0 Å². The van der Waals surface area contributed by atoms with Gasteiger partial charge in [0.15, 0.2) is 0 Å². The summed E-state index contributed by atoms with van der Waals surface area (Å²) in [6.45, 7) is 0. The first-order valence-corrected chi connectivity index (χ1v) is 5.78. The van der Waals surface area contributed by atoms with Gasteiger partial charge in [-0.1, -0.05) is 0 Å². The van der Waals surface area contributed by atoms with Gasteiger partial charge in [0.2, 0.25) is 0 Å². The molecule has 0 atom stereocenters. The number of ether oxygens (including phenoxy) is 2. The van der Waals surface area contributed by atoms with Gasteiger partial charge in [-0.3, -0.25) is 4.99 Å². The van der Waals surface area contributed by atoms with Crippen molar-refractivity contribution in [2.24, 2.45) is 4.99 Å². The summed E-state index contributed by atoms with van der Waals surface area (Å²) in [5, 5.41) is 9.79. The van der Waals surface area contributed by atoms with Crippen LogP contribution < -0.4 is 9.47 Å². The van der Waals surface area contributed by atoms with Gasteiger partial charge in [-0.25, -0.2) is 0 Å². The van der Waals surface area contributed by atoms with Gasteiger partial charge >= 0.3 is 0 Å². The van der Waals surface area contributed by atoms with Crippen LogP contribution in [0.3, 0.4) is 0 Å². The predicted octanol–water partition coefficient (Wildman–Crippen LogP) is 3.16. The number of methoxy groups -OCH3 is 2. The summed E-state index contributed by atoms with van der Waals surface area (Å²) in [4.78, 5) is 4.29. The molecule has 0 saturated carbocycles. The highest BCUT2D eigenvalue weighted by Crippen LogP contribution is 2.23. The zero-order chi connectivity index (χ0) is 13.7. The van der Waals surface area contributed by atoms with Gasteiger partial charge in [-0.15, -0.1) is 0 Å². The van der Waals surface area contributed by atoms with Crippen LogP contribution in [0.4, 0.5) is 5.69 Å². The lowest BCUT2D eigenvalue weighted by atomic mass is 10.2. The lowest BCUT2D eigenvalue weighted by Crippen LogP contribution is -1.86. The summed E-state index contributed by atoms with van der Waals surface area (Å²) in [5.41, 5.74) is 1.42. The van der Waals surface area contributed by atoms with Crippen molar-refractivity contribution in [3.05, 3.63) is 48.0 Å². The second kappa shape index (κ2) is 5.91. The van der Waals surface area contributed by atoms with Gasteiger partial charge in [-0.05, 0) is 36.4 Å². The fraction of sp³-hybridized carbons (Fsp3) is 0.133. The Labute approximate surface area is 111 Å². The highest BCUT2D eigenvalue weighted by molar-refractivity contribution is 5.85. The molecular formula is C15H15NO3. The summed E-state index contributed by atoms with van der Waals surface area (Å²) in [6, 6.07) is 12.4. The molecule has 98 valence electrons. The minimum absolute atomic E-state index is 0.136. The molecule has 0 fully saturated rings. The van der Waals surface area contributed by atoms with Crippen LogP contribution in [0.2, 0.25) is 0 Å². The first kappa shape index (κ1) is 13.0. The number of rotatable bonds is 4. The third kappa shape index (κ3) is 3.25. The number of phenols is 1. The first-order valence-electron chi connectivity index (χ1n) is 5.78. The molecule has 4 nitrogen and oxygen atoms in total. The Balaban J connectivity index is 2.17. The van der Waals surface area contributed by atoms with Crippen LogP contribution >= 0.6 is 0 Å². The molecule has 0 heterocycles. The molecule has 2 aromatic rings. The van der Waals surface area contributed by atoms with Gasteiger partial charge in [0.25, 0.3) is 0 Å². The molecule has 0 spiro atoms. The Kier molecular flexibility index (Phi) is 4.03. The lowest BCUT2D eigenvalue weighted by Gasteiger charge is -2.03. The maximum absolute atomic E-state index is 9.79. The highest BCUT2D eigenvalue weighted by atomic mass is 16.5. The molecule has 19 heavy (non-hydrogen) atoms. The number of aliphatic imine (C=N–C) groups is 1. The molecule has 0 aromatic heterocycles. The molecule has 2 aromatic carbocycles. The average molecular weight is 257 g/mol. The molecule has 0 unspecified atom stereocenters. The van der Waals surface area contributed by atoms with E-state index in [0.29, 0.717) is 11.3 Å². The Morgan fingerprint density at radius 2 is 1.58 bits per heavy atom. The van der Waals surface area contributed by atoms with E-state index in [2.05, 4.69) is 4.99 Å². The van der Waals surface area contributed by atoms with Gasteiger partial charge in [0, 0.05) is 17.8 Å². The Morgan fingerprint density at radius 1 is 0.947 bits per heavy atom. The molecule has 0 bridgehead atoms. The molecule has 1 N–H and O–H groups in total.